The van der Waals surface area contributed by atoms with E-state index in [0.717, 1.165) is 5.39 Å². The second-order valence-corrected chi connectivity index (χ2v) is 7.01. The van der Waals surface area contributed by atoms with E-state index in [1.165, 1.54) is 4.90 Å². The first-order chi connectivity index (χ1) is 13.6. The molecule has 0 aromatic heterocycles. The van der Waals surface area contributed by atoms with Crippen molar-refractivity contribution < 1.29 is 14.4 Å². The van der Waals surface area contributed by atoms with Crippen LogP contribution in [0.4, 0.5) is 5.69 Å². The van der Waals surface area contributed by atoms with Crippen LogP contribution in [0, 0.1) is 0 Å². The van der Waals surface area contributed by atoms with Crippen molar-refractivity contribution in [3.05, 3.63) is 76.8 Å². The Balaban J connectivity index is 1.45. The van der Waals surface area contributed by atoms with Crippen molar-refractivity contribution in [1.82, 2.24) is 4.90 Å². The van der Waals surface area contributed by atoms with Gasteiger partial charge in [-0.2, -0.15) is 0 Å². The highest BCUT2D eigenvalue weighted by atomic mass is 35.5. The van der Waals surface area contributed by atoms with Crippen molar-refractivity contribution in [2.45, 2.75) is 12.8 Å². The monoisotopic (exact) mass is 392 g/mol. The maximum absolute atomic E-state index is 12.8. The average Bonchev–Trinajstić information content (AvgIpc) is 2.70. The third kappa shape index (κ3) is 3.25. The molecule has 6 heteroatoms. The van der Waals surface area contributed by atoms with Crippen LogP contribution >= 0.6 is 11.6 Å². The van der Waals surface area contributed by atoms with Gasteiger partial charge in [0.1, 0.15) is 0 Å². The number of halogens is 1. The SMILES string of the molecule is O=C(CCCN1C(=O)c2cccc3cccc(c23)C1=O)Nc1ccccc1Cl. The Morgan fingerprint density at radius 1 is 0.893 bits per heavy atom. The summed E-state index contributed by atoms with van der Waals surface area (Å²) in [6, 6.07) is 17.8. The summed E-state index contributed by atoms with van der Waals surface area (Å²) in [7, 11) is 0. The van der Waals surface area contributed by atoms with E-state index in [-0.39, 0.29) is 30.7 Å². The summed E-state index contributed by atoms with van der Waals surface area (Å²) in [4.78, 5) is 39.0. The van der Waals surface area contributed by atoms with Crippen LogP contribution in [0.2, 0.25) is 5.02 Å². The smallest absolute Gasteiger partial charge is 0.261 e. The fourth-order valence-corrected chi connectivity index (χ4v) is 3.64. The number of carbonyl (C=O) groups is 3. The molecule has 0 fully saturated rings. The first-order valence-electron chi connectivity index (χ1n) is 8.98. The summed E-state index contributed by atoms with van der Waals surface area (Å²) >= 11 is 6.04. The molecular weight excluding hydrogens is 376 g/mol. The Morgan fingerprint density at radius 2 is 1.54 bits per heavy atom. The lowest BCUT2D eigenvalue weighted by Gasteiger charge is -2.27. The van der Waals surface area contributed by atoms with Gasteiger partial charge >= 0.3 is 0 Å². The maximum Gasteiger partial charge on any atom is 0.261 e. The van der Waals surface area contributed by atoms with Gasteiger partial charge in [0, 0.05) is 29.5 Å². The van der Waals surface area contributed by atoms with Crippen molar-refractivity contribution in [3.63, 3.8) is 0 Å². The first-order valence-corrected chi connectivity index (χ1v) is 9.36. The Bertz CT molecular complexity index is 1060. The van der Waals surface area contributed by atoms with Gasteiger partial charge in [0.2, 0.25) is 5.91 Å². The number of benzene rings is 3. The molecule has 5 nitrogen and oxygen atoms in total. The molecule has 140 valence electrons. The van der Waals surface area contributed by atoms with E-state index in [4.69, 9.17) is 11.6 Å². The standard InChI is InChI=1S/C22H17ClN2O3/c23-17-10-1-2-11-18(17)24-19(26)12-5-13-25-21(27)15-8-3-6-14-7-4-9-16(20(14)15)22(25)28/h1-4,6-11H,5,12-13H2,(H,24,26). The fourth-order valence-electron chi connectivity index (χ4n) is 3.46. The molecule has 1 aliphatic heterocycles. The normalized spacial score (nSPS) is 13.1. The number of anilines is 1. The Labute approximate surface area is 166 Å². The van der Waals surface area contributed by atoms with Crippen molar-refractivity contribution in [2.24, 2.45) is 0 Å². The highest BCUT2D eigenvalue weighted by molar-refractivity contribution is 6.33. The second-order valence-electron chi connectivity index (χ2n) is 6.60. The van der Waals surface area contributed by atoms with E-state index in [1.807, 2.05) is 24.3 Å². The summed E-state index contributed by atoms with van der Waals surface area (Å²) in [5.74, 6) is -0.853. The number of carbonyl (C=O) groups excluding carboxylic acids is 3. The lowest BCUT2D eigenvalue weighted by molar-refractivity contribution is -0.116. The first kappa shape index (κ1) is 18.2. The maximum atomic E-state index is 12.8. The molecule has 0 radical (unpaired) electrons. The third-order valence-corrected chi connectivity index (χ3v) is 5.12. The summed E-state index contributed by atoms with van der Waals surface area (Å²) in [5, 5.41) is 4.78. The Morgan fingerprint density at radius 3 is 2.18 bits per heavy atom. The molecule has 3 amide bonds. The lowest BCUT2D eigenvalue weighted by Crippen LogP contribution is -2.41. The van der Waals surface area contributed by atoms with Crippen molar-refractivity contribution in [3.8, 4) is 0 Å². The summed E-state index contributed by atoms with van der Waals surface area (Å²) in [6.45, 7) is 0.179. The van der Waals surface area contributed by atoms with Crippen LogP contribution in [0.5, 0.6) is 0 Å². The van der Waals surface area contributed by atoms with Gasteiger partial charge in [-0.15, -0.1) is 0 Å². The van der Waals surface area contributed by atoms with Crippen LogP contribution in [-0.2, 0) is 4.79 Å². The van der Waals surface area contributed by atoms with E-state index in [1.54, 1.807) is 36.4 Å². The Hall–Kier alpha value is -3.18. The predicted octanol–water partition coefficient (Wildman–Crippen LogP) is 4.51. The average molecular weight is 393 g/mol. The number of hydrogen-bond donors (Lipinski definition) is 1. The molecule has 3 aromatic carbocycles. The molecule has 28 heavy (non-hydrogen) atoms. The van der Waals surface area contributed by atoms with Gasteiger partial charge in [-0.25, -0.2) is 0 Å². The van der Waals surface area contributed by atoms with E-state index in [9.17, 15) is 14.4 Å². The van der Waals surface area contributed by atoms with Crippen LogP contribution in [0.25, 0.3) is 10.8 Å². The fraction of sp³-hybridized carbons (Fsp3) is 0.136. The molecule has 0 atom stereocenters. The molecule has 0 aliphatic carbocycles. The molecule has 0 saturated carbocycles. The summed E-state index contributed by atoms with van der Waals surface area (Å²) < 4.78 is 0. The number of para-hydroxylation sites is 1. The largest absolute Gasteiger partial charge is 0.325 e. The van der Waals surface area contributed by atoms with Gasteiger partial charge < -0.3 is 5.32 Å². The van der Waals surface area contributed by atoms with E-state index >= 15 is 0 Å². The van der Waals surface area contributed by atoms with Gasteiger partial charge in [-0.3, -0.25) is 19.3 Å². The summed E-state index contributed by atoms with van der Waals surface area (Å²) in [6.07, 6.45) is 0.542. The van der Waals surface area contributed by atoms with E-state index in [2.05, 4.69) is 5.32 Å². The van der Waals surface area contributed by atoms with E-state index in [0.29, 0.717) is 33.6 Å². The predicted molar refractivity (Wildman–Crippen MR) is 109 cm³/mol. The molecule has 0 unspecified atom stereocenters. The zero-order valence-electron chi connectivity index (χ0n) is 14.9. The molecule has 1 heterocycles. The molecule has 1 N–H and O–H groups in total. The van der Waals surface area contributed by atoms with Crippen molar-refractivity contribution in [1.29, 1.82) is 0 Å². The molecule has 4 rings (SSSR count). The topological polar surface area (TPSA) is 66.5 Å². The zero-order valence-corrected chi connectivity index (χ0v) is 15.7. The van der Waals surface area contributed by atoms with E-state index < -0.39 is 0 Å². The third-order valence-electron chi connectivity index (χ3n) is 4.79. The quantitative estimate of drug-likeness (QED) is 0.650. The summed E-state index contributed by atoms with van der Waals surface area (Å²) in [5.41, 5.74) is 1.58. The lowest BCUT2D eigenvalue weighted by atomic mass is 9.94. The van der Waals surface area contributed by atoms with Gasteiger partial charge in [-0.05, 0) is 36.1 Å². The van der Waals surface area contributed by atoms with Gasteiger partial charge in [-0.1, -0.05) is 48.0 Å². The van der Waals surface area contributed by atoms with Crippen LogP contribution in [0.1, 0.15) is 33.6 Å². The Kier molecular flexibility index (Phi) is 4.84. The number of hydrogen-bond acceptors (Lipinski definition) is 3. The number of imide groups is 1. The van der Waals surface area contributed by atoms with Crippen LogP contribution < -0.4 is 5.32 Å². The van der Waals surface area contributed by atoms with Crippen LogP contribution in [0.15, 0.2) is 60.7 Å². The molecular formula is C22H17ClN2O3. The minimum Gasteiger partial charge on any atom is -0.325 e. The van der Waals surface area contributed by atoms with Gasteiger partial charge in [0.05, 0.1) is 10.7 Å². The second kappa shape index (κ2) is 7.44. The van der Waals surface area contributed by atoms with Gasteiger partial charge in [0.15, 0.2) is 0 Å². The number of rotatable bonds is 5. The van der Waals surface area contributed by atoms with Crippen LogP contribution in [-0.4, -0.2) is 29.2 Å². The van der Waals surface area contributed by atoms with Crippen molar-refractivity contribution >= 4 is 45.8 Å². The molecule has 0 saturated heterocycles. The molecule has 3 aromatic rings. The molecule has 0 spiro atoms. The highest BCUT2D eigenvalue weighted by Gasteiger charge is 2.32. The molecule has 1 aliphatic rings. The van der Waals surface area contributed by atoms with Gasteiger partial charge in [0.25, 0.3) is 11.8 Å². The molecule has 0 bridgehead atoms. The minimum atomic E-state index is -0.319. The highest BCUT2D eigenvalue weighted by Crippen LogP contribution is 2.30. The number of nitrogens with zero attached hydrogens (tertiary/aromatic N) is 1. The number of nitrogens with one attached hydrogen (secondary N) is 1. The van der Waals surface area contributed by atoms with Crippen LogP contribution in [0.3, 0.4) is 0 Å². The zero-order chi connectivity index (χ0) is 19.7. The minimum absolute atomic E-state index is 0.175. The van der Waals surface area contributed by atoms with Crippen molar-refractivity contribution in [2.75, 3.05) is 11.9 Å². The number of amides is 3.